The highest BCUT2D eigenvalue weighted by molar-refractivity contribution is 5.10. The molecule has 0 heterocycles. The summed E-state index contributed by atoms with van der Waals surface area (Å²) < 4.78 is 0. The molecule has 1 unspecified atom stereocenters. The van der Waals surface area contributed by atoms with Crippen LogP contribution in [0, 0.1) is 16.7 Å². The molecule has 1 heteroatoms. The van der Waals surface area contributed by atoms with Gasteiger partial charge in [-0.15, -0.1) is 0 Å². The Balaban J connectivity index is 2.40. The first kappa shape index (κ1) is 7.60. The standard InChI is InChI=1S/C10H18O/c1-9(2)7-4-5-10(9,3)8(11)6-7/h7-8,11H,4-6H2,1-3H3/t7-,8?,10-/m1/s1. The maximum absolute atomic E-state index is 9.81. The quantitative estimate of drug-likeness (QED) is 0.567. The third-order valence-corrected chi connectivity index (χ3v) is 4.75. The van der Waals surface area contributed by atoms with Crippen LogP contribution >= 0.6 is 0 Å². The van der Waals surface area contributed by atoms with Crippen molar-refractivity contribution in [1.82, 2.24) is 0 Å². The molecular formula is C10H18O. The highest BCUT2D eigenvalue weighted by atomic mass is 16.3. The van der Waals surface area contributed by atoms with Crippen LogP contribution in [0.2, 0.25) is 0 Å². The van der Waals surface area contributed by atoms with Crippen molar-refractivity contribution in [3.05, 3.63) is 0 Å². The number of aliphatic hydroxyl groups is 1. The molecule has 2 fully saturated rings. The van der Waals surface area contributed by atoms with Gasteiger partial charge in [0.25, 0.3) is 0 Å². The minimum atomic E-state index is -0.0313. The van der Waals surface area contributed by atoms with Gasteiger partial charge in [-0.1, -0.05) is 20.8 Å². The summed E-state index contributed by atoms with van der Waals surface area (Å²) in [6.45, 7) is 6.90. The molecule has 11 heavy (non-hydrogen) atoms. The highest BCUT2D eigenvalue weighted by Crippen LogP contribution is 2.65. The second kappa shape index (κ2) is 1.82. The molecule has 0 saturated heterocycles. The van der Waals surface area contributed by atoms with Crippen LogP contribution in [0.3, 0.4) is 0 Å². The van der Waals surface area contributed by atoms with Crippen LogP contribution < -0.4 is 0 Å². The molecule has 64 valence electrons. The van der Waals surface area contributed by atoms with Crippen LogP contribution in [-0.4, -0.2) is 11.2 Å². The summed E-state index contributed by atoms with van der Waals surface area (Å²) in [6.07, 6.45) is 3.58. The van der Waals surface area contributed by atoms with Gasteiger partial charge in [-0.3, -0.25) is 0 Å². The zero-order valence-corrected chi connectivity index (χ0v) is 7.72. The summed E-state index contributed by atoms with van der Waals surface area (Å²) in [5.74, 6) is 0.780. The van der Waals surface area contributed by atoms with E-state index in [9.17, 15) is 5.11 Å². The molecule has 0 radical (unpaired) electrons. The van der Waals surface area contributed by atoms with Gasteiger partial charge in [0.2, 0.25) is 0 Å². The largest absolute Gasteiger partial charge is 0.393 e. The SMILES string of the molecule is CC1(C)[C@@H]2CC[C@]1(C)C(O)C2. The average Bonchev–Trinajstić information content (AvgIpc) is 2.20. The summed E-state index contributed by atoms with van der Waals surface area (Å²) in [6, 6.07) is 0. The van der Waals surface area contributed by atoms with Gasteiger partial charge in [-0.25, -0.2) is 0 Å². The van der Waals surface area contributed by atoms with E-state index < -0.39 is 0 Å². The van der Waals surface area contributed by atoms with Gasteiger partial charge in [0.1, 0.15) is 0 Å². The minimum absolute atomic E-state index is 0.0313. The van der Waals surface area contributed by atoms with Gasteiger partial charge >= 0.3 is 0 Å². The summed E-state index contributed by atoms with van der Waals surface area (Å²) in [7, 11) is 0. The first-order valence-corrected chi connectivity index (χ1v) is 4.66. The molecule has 1 nitrogen and oxygen atoms in total. The minimum Gasteiger partial charge on any atom is -0.393 e. The van der Waals surface area contributed by atoms with E-state index in [0.717, 1.165) is 12.3 Å². The Morgan fingerprint density at radius 3 is 2.09 bits per heavy atom. The van der Waals surface area contributed by atoms with Crippen molar-refractivity contribution in [1.29, 1.82) is 0 Å². The van der Waals surface area contributed by atoms with Crippen LogP contribution in [0.1, 0.15) is 40.0 Å². The normalized spacial score (nSPS) is 53.5. The lowest BCUT2D eigenvalue weighted by Gasteiger charge is -2.36. The van der Waals surface area contributed by atoms with Gasteiger partial charge in [-0.2, -0.15) is 0 Å². The summed E-state index contributed by atoms with van der Waals surface area (Å²) >= 11 is 0. The number of hydrogen-bond donors (Lipinski definition) is 1. The molecule has 0 aromatic carbocycles. The number of hydrogen-bond acceptors (Lipinski definition) is 1. The summed E-state index contributed by atoms with van der Waals surface area (Å²) in [5.41, 5.74) is 0.601. The van der Waals surface area contributed by atoms with E-state index >= 15 is 0 Å². The molecule has 2 rings (SSSR count). The van der Waals surface area contributed by atoms with E-state index in [-0.39, 0.29) is 11.5 Å². The monoisotopic (exact) mass is 154 g/mol. The third kappa shape index (κ3) is 0.658. The molecule has 0 aliphatic heterocycles. The first-order chi connectivity index (χ1) is 4.98. The topological polar surface area (TPSA) is 20.2 Å². The van der Waals surface area contributed by atoms with E-state index in [0.29, 0.717) is 5.41 Å². The fraction of sp³-hybridized carbons (Fsp3) is 1.00. The molecule has 0 aromatic heterocycles. The number of rotatable bonds is 0. The molecule has 2 saturated carbocycles. The van der Waals surface area contributed by atoms with Crippen molar-refractivity contribution < 1.29 is 5.11 Å². The smallest absolute Gasteiger partial charge is 0.0601 e. The fourth-order valence-corrected chi connectivity index (χ4v) is 3.16. The van der Waals surface area contributed by atoms with Gasteiger partial charge < -0.3 is 5.11 Å². The van der Waals surface area contributed by atoms with Gasteiger partial charge in [-0.05, 0) is 36.0 Å². The van der Waals surface area contributed by atoms with Gasteiger partial charge in [0.05, 0.1) is 6.10 Å². The maximum Gasteiger partial charge on any atom is 0.0601 e. The summed E-state index contributed by atoms with van der Waals surface area (Å²) in [4.78, 5) is 0. The predicted molar refractivity (Wildman–Crippen MR) is 45.2 cm³/mol. The Morgan fingerprint density at radius 1 is 1.27 bits per heavy atom. The lowest BCUT2D eigenvalue weighted by Crippen LogP contribution is -2.35. The third-order valence-electron chi connectivity index (χ3n) is 4.75. The van der Waals surface area contributed by atoms with Crippen molar-refractivity contribution in [2.45, 2.75) is 46.1 Å². The van der Waals surface area contributed by atoms with Crippen LogP contribution in [0.25, 0.3) is 0 Å². The van der Waals surface area contributed by atoms with Crippen LogP contribution in [0.15, 0.2) is 0 Å². The highest BCUT2D eigenvalue weighted by Gasteiger charge is 2.60. The van der Waals surface area contributed by atoms with Crippen molar-refractivity contribution in [2.75, 3.05) is 0 Å². The molecular weight excluding hydrogens is 136 g/mol. The van der Waals surface area contributed by atoms with Crippen LogP contribution in [-0.2, 0) is 0 Å². The Bertz CT molecular complexity index is 185. The van der Waals surface area contributed by atoms with Crippen molar-refractivity contribution in [2.24, 2.45) is 16.7 Å². The molecule has 0 spiro atoms. The lowest BCUT2D eigenvalue weighted by molar-refractivity contribution is 0.0126. The van der Waals surface area contributed by atoms with E-state index in [1.54, 1.807) is 0 Å². The second-order valence-corrected chi connectivity index (χ2v) is 5.13. The first-order valence-electron chi connectivity index (χ1n) is 4.66. The zero-order valence-electron chi connectivity index (χ0n) is 7.72. The second-order valence-electron chi connectivity index (χ2n) is 5.13. The zero-order chi connectivity index (χ0) is 8.28. The Morgan fingerprint density at radius 2 is 1.91 bits per heavy atom. The van der Waals surface area contributed by atoms with E-state index in [4.69, 9.17) is 0 Å². The van der Waals surface area contributed by atoms with E-state index in [1.807, 2.05) is 0 Å². The Hall–Kier alpha value is -0.0400. The molecule has 2 aliphatic carbocycles. The van der Waals surface area contributed by atoms with Crippen LogP contribution in [0.5, 0.6) is 0 Å². The van der Waals surface area contributed by atoms with Crippen LogP contribution in [0.4, 0.5) is 0 Å². The molecule has 0 amide bonds. The van der Waals surface area contributed by atoms with E-state index in [1.165, 1.54) is 12.8 Å². The number of fused-ring (bicyclic) bond motifs is 2. The Kier molecular flexibility index (Phi) is 1.26. The number of aliphatic hydroxyl groups excluding tert-OH is 1. The fourth-order valence-electron chi connectivity index (χ4n) is 3.16. The van der Waals surface area contributed by atoms with Crippen molar-refractivity contribution in [3.63, 3.8) is 0 Å². The Labute approximate surface area is 68.8 Å². The molecule has 1 N–H and O–H groups in total. The summed E-state index contributed by atoms with van der Waals surface area (Å²) in [5, 5.41) is 9.81. The molecule has 2 aliphatic rings. The lowest BCUT2D eigenvalue weighted by atomic mass is 9.70. The van der Waals surface area contributed by atoms with Crippen molar-refractivity contribution in [3.8, 4) is 0 Å². The maximum atomic E-state index is 9.81. The molecule has 0 aromatic rings. The van der Waals surface area contributed by atoms with Gasteiger partial charge in [0, 0.05) is 0 Å². The predicted octanol–water partition coefficient (Wildman–Crippen LogP) is 2.19. The van der Waals surface area contributed by atoms with Crippen molar-refractivity contribution >= 4 is 0 Å². The average molecular weight is 154 g/mol. The molecule has 2 bridgehead atoms. The van der Waals surface area contributed by atoms with Gasteiger partial charge in [0.15, 0.2) is 0 Å². The molecule has 3 atom stereocenters. The van der Waals surface area contributed by atoms with E-state index in [2.05, 4.69) is 20.8 Å².